The number of benzene rings is 1. The minimum Gasteiger partial charge on any atom is -0.258 e. The van der Waals surface area contributed by atoms with Gasteiger partial charge in [0.1, 0.15) is 0 Å². The van der Waals surface area contributed by atoms with E-state index in [1.807, 2.05) is 6.07 Å². The van der Waals surface area contributed by atoms with E-state index in [1.54, 1.807) is 47.0 Å². The van der Waals surface area contributed by atoms with Crippen LogP contribution in [0.5, 0.6) is 0 Å². The van der Waals surface area contributed by atoms with Crippen LogP contribution in [0, 0.1) is 10.1 Å². The first-order valence-electron chi connectivity index (χ1n) is 6.51. The maximum absolute atomic E-state index is 10.7. The van der Waals surface area contributed by atoms with E-state index >= 15 is 0 Å². The molecule has 0 atom stereocenters. The summed E-state index contributed by atoms with van der Waals surface area (Å²) in [6.07, 6.45) is 2.36. The number of nitro benzene ring substituents is 1. The van der Waals surface area contributed by atoms with Gasteiger partial charge in [-0.05, 0) is 12.0 Å². The Morgan fingerprint density at radius 1 is 1.29 bits per heavy atom. The van der Waals surface area contributed by atoms with Crippen molar-refractivity contribution < 1.29 is 4.92 Å². The number of rotatable bonds is 8. The Morgan fingerprint density at radius 3 is 2.76 bits per heavy atom. The molecule has 0 unspecified atom stereocenters. The third-order valence-electron chi connectivity index (χ3n) is 2.60. The van der Waals surface area contributed by atoms with Crippen molar-refractivity contribution in [2.24, 2.45) is 0 Å². The van der Waals surface area contributed by atoms with Gasteiger partial charge < -0.3 is 0 Å². The van der Waals surface area contributed by atoms with Gasteiger partial charge in [0.05, 0.1) is 4.92 Å². The van der Waals surface area contributed by atoms with Crippen molar-refractivity contribution in [2.45, 2.75) is 34.2 Å². The van der Waals surface area contributed by atoms with E-state index in [-0.39, 0.29) is 10.6 Å². The van der Waals surface area contributed by atoms with E-state index < -0.39 is 0 Å². The van der Waals surface area contributed by atoms with E-state index in [2.05, 4.69) is 17.1 Å². The van der Waals surface area contributed by atoms with Crippen LogP contribution < -0.4 is 0 Å². The van der Waals surface area contributed by atoms with Crippen LogP contribution >= 0.6 is 34.9 Å². The topological polar surface area (TPSA) is 68.9 Å². The molecule has 0 fully saturated rings. The average molecular weight is 341 g/mol. The Bertz CT molecular complexity index is 604. The van der Waals surface area contributed by atoms with Crippen molar-refractivity contribution in [2.75, 3.05) is 5.75 Å². The molecule has 8 heteroatoms. The maximum atomic E-state index is 10.7. The molecule has 2 aromatic rings. The summed E-state index contributed by atoms with van der Waals surface area (Å²) in [7, 11) is 0. The van der Waals surface area contributed by atoms with Gasteiger partial charge in [-0.1, -0.05) is 60.3 Å². The first-order chi connectivity index (χ1) is 10.2. The van der Waals surface area contributed by atoms with Crippen LogP contribution in [0.3, 0.4) is 0 Å². The molecule has 2 rings (SSSR count). The lowest BCUT2D eigenvalue weighted by Crippen LogP contribution is -1.89. The second-order valence-corrected chi connectivity index (χ2v) is 7.79. The van der Waals surface area contributed by atoms with Gasteiger partial charge in [-0.15, -0.1) is 10.2 Å². The summed E-state index contributed by atoms with van der Waals surface area (Å²) in [5.41, 5.74) is 1.05. The van der Waals surface area contributed by atoms with Gasteiger partial charge in [0.25, 0.3) is 5.69 Å². The van der Waals surface area contributed by atoms with E-state index in [0.717, 1.165) is 20.0 Å². The first-order valence-corrected chi connectivity index (χ1v) is 9.30. The zero-order valence-electron chi connectivity index (χ0n) is 11.5. The molecule has 1 aromatic carbocycles. The summed E-state index contributed by atoms with van der Waals surface area (Å²) in [6, 6.07) is 6.70. The molecule has 0 N–H and O–H groups in total. The highest BCUT2D eigenvalue weighted by Crippen LogP contribution is 2.31. The van der Waals surface area contributed by atoms with Crippen molar-refractivity contribution in [3.63, 3.8) is 0 Å². The predicted molar refractivity (Wildman–Crippen MR) is 88.2 cm³/mol. The summed E-state index contributed by atoms with van der Waals surface area (Å²) in [5, 5.41) is 19.0. The SMILES string of the molecule is CCCCSc1nnc(SCc2cccc([N+](=O)[O-])c2)s1. The fourth-order valence-corrected chi connectivity index (χ4v) is 4.64. The van der Waals surface area contributed by atoms with Gasteiger partial charge in [0, 0.05) is 23.6 Å². The lowest BCUT2D eigenvalue weighted by Gasteiger charge is -1.98. The van der Waals surface area contributed by atoms with Crippen LogP contribution in [-0.2, 0) is 5.75 Å². The summed E-state index contributed by atoms with van der Waals surface area (Å²) in [6.45, 7) is 2.17. The van der Waals surface area contributed by atoms with Crippen LogP contribution in [0.4, 0.5) is 5.69 Å². The van der Waals surface area contributed by atoms with Gasteiger partial charge in [-0.25, -0.2) is 0 Å². The Labute approximate surface area is 135 Å². The zero-order valence-corrected chi connectivity index (χ0v) is 14.0. The number of unbranched alkanes of at least 4 members (excludes halogenated alkanes) is 1. The van der Waals surface area contributed by atoms with E-state index in [0.29, 0.717) is 5.75 Å². The Morgan fingerprint density at radius 2 is 2.05 bits per heavy atom. The van der Waals surface area contributed by atoms with E-state index in [1.165, 1.54) is 18.9 Å². The fourth-order valence-electron chi connectivity index (χ4n) is 1.52. The highest BCUT2D eigenvalue weighted by Gasteiger charge is 2.08. The zero-order chi connectivity index (χ0) is 15.1. The van der Waals surface area contributed by atoms with Crippen molar-refractivity contribution in [1.82, 2.24) is 10.2 Å². The molecule has 0 aliphatic carbocycles. The van der Waals surface area contributed by atoms with Crippen LogP contribution in [-0.4, -0.2) is 20.9 Å². The lowest BCUT2D eigenvalue weighted by atomic mass is 10.2. The summed E-state index contributed by atoms with van der Waals surface area (Å²) >= 11 is 4.88. The maximum Gasteiger partial charge on any atom is 0.269 e. The monoisotopic (exact) mass is 341 g/mol. The van der Waals surface area contributed by atoms with Gasteiger partial charge in [0.15, 0.2) is 8.68 Å². The molecule has 0 saturated heterocycles. The molecule has 0 spiro atoms. The number of hydrogen-bond donors (Lipinski definition) is 0. The van der Waals surface area contributed by atoms with Gasteiger partial charge in [-0.3, -0.25) is 10.1 Å². The largest absolute Gasteiger partial charge is 0.269 e. The third kappa shape index (κ3) is 5.29. The number of non-ortho nitro benzene ring substituents is 1. The molecule has 0 amide bonds. The first kappa shape index (κ1) is 16.3. The lowest BCUT2D eigenvalue weighted by molar-refractivity contribution is -0.384. The highest BCUT2D eigenvalue weighted by atomic mass is 32.2. The normalized spacial score (nSPS) is 10.7. The van der Waals surface area contributed by atoms with Gasteiger partial charge >= 0.3 is 0 Å². The van der Waals surface area contributed by atoms with Crippen LogP contribution in [0.15, 0.2) is 32.9 Å². The minimum absolute atomic E-state index is 0.126. The average Bonchev–Trinajstić information content (AvgIpc) is 2.94. The standard InChI is InChI=1S/C13H15N3O2S3/c1-2-3-7-19-12-14-15-13(21-12)20-9-10-5-4-6-11(8-10)16(17)18/h4-6,8H,2-3,7,9H2,1H3. The van der Waals surface area contributed by atoms with E-state index in [4.69, 9.17) is 0 Å². The summed E-state index contributed by atoms with van der Waals surface area (Å²) in [4.78, 5) is 10.4. The molecule has 1 aromatic heterocycles. The Kier molecular flexibility index (Phi) is 6.47. The quantitative estimate of drug-likeness (QED) is 0.302. The summed E-state index contributed by atoms with van der Waals surface area (Å²) in [5.74, 6) is 1.73. The molecule has 21 heavy (non-hydrogen) atoms. The molecule has 0 radical (unpaired) electrons. The Hall–Kier alpha value is -1.12. The van der Waals surface area contributed by atoms with Crippen LogP contribution in [0.25, 0.3) is 0 Å². The van der Waals surface area contributed by atoms with Crippen molar-refractivity contribution in [3.05, 3.63) is 39.9 Å². The Balaban J connectivity index is 1.88. The van der Waals surface area contributed by atoms with Crippen molar-refractivity contribution in [3.8, 4) is 0 Å². The van der Waals surface area contributed by atoms with Gasteiger partial charge in [0.2, 0.25) is 0 Å². The van der Waals surface area contributed by atoms with Crippen LogP contribution in [0.2, 0.25) is 0 Å². The molecule has 0 saturated carbocycles. The number of hydrogen-bond acceptors (Lipinski definition) is 7. The fraction of sp³-hybridized carbons (Fsp3) is 0.385. The van der Waals surface area contributed by atoms with Crippen molar-refractivity contribution >= 4 is 40.5 Å². The number of nitro groups is 1. The molecule has 5 nitrogen and oxygen atoms in total. The third-order valence-corrected chi connectivity index (χ3v) is 5.94. The number of thioether (sulfide) groups is 2. The smallest absolute Gasteiger partial charge is 0.258 e. The molecule has 0 aliphatic heterocycles. The highest BCUT2D eigenvalue weighted by molar-refractivity contribution is 8.02. The van der Waals surface area contributed by atoms with E-state index in [9.17, 15) is 10.1 Å². The summed E-state index contributed by atoms with van der Waals surface area (Å²) < 4.78 is 1.89. The molecular weight excluding hydrogens is 326 g/mol. The second kappa shape index (κ2) is 8.35. The molecule has 0 aliphatic rings. The minimum atomic E-state index is -0.373. The molecule has 112 valence electrons. The van der Waals surface area contributed by atoms with Crippen molar-refractivity contribution in [1.29, 1.82) is 0 Å². The molecule has 0 bridgehead atoms. The number of nitrogens with zero attached hydrogens (tertiary/aromatic N) is 3. The molecule has 1 heterocycles. The predicted octanol–water partition coefficient (Wildman–Crippen LogP) is 4.63. The van der Waals surface area contributed by atoms with Crippen LogP contribution in [0.1, 0.15) is 25.3 Å². The van der Waals surface area contributed by atoms with Gasteiger partial charge in [-0.2, -0.15) is 0 Å². The second-order valence-electron chi connectivity index (χ2n) is 4.25. The number of aromatic nitrogens is 2. The molecular formula is C13H15N3O2S3.